The van der Waals surface area contributed by atoms with Gasteiger partial charge in [-0.1, -0.05) is 24.3 Å². The monoisotopic (exact) mass is 414 g/mol. The van der Waals surface area contributed by atoms with Crippen LogP contribution in [0, 0.1) is 12.7 Å². The normalized spacial score (nSPS) is 11.0. The van der Waals surface area contributed by atoms with Gasteiger partial charge in [-0.05, 0) is 55.0 Å². The number of carbonyl (C=O) groups excluding carboxylic acids is 1. The van der Waals surface area contributed by atoms with Crippen molar-refractivity contribution in [3.05, 3.63) is 83.7 Å². The second kappa shape index (κ2) is 8.32. The van der Waals surface area contributed by atoms with E-state index in [0.29, 0.717) is 11.4 Å². The van der Waals surface area contributed by atoms with Crippen LogP contribution in [0.5, 0.6) is 5.75 Å². The number of ether oxygens (including phenoxy) is 1. The molecule has 0 aromatic heterocycles. The van der Waals surface area contributed by atoms with Crippen molar-refractivity contribution in [2.24, 2.45) is 0 Å². The number of anilines is 2. The number of para-hydroxylation sites is 3. The number of hydrogen-bond acceptors (Lipinski definition) is 4. The summed E-state index contributed by atoms with van der Waals surface area (Å²) < 4.78 is 46.5. The zero-order valence-electron chi connectivity index (χ0n) is 15.8. The minimum Gasteiger partial charge on any atom is -0.495 e. The number of aryl methyl sites for hydroxylation is 1. The maximum Gasteiger partial charge on any atom is 0.262 e. The molecule has 150 valence electrons. The zero-order valence-corrected chi connectivity index (χ0v) is 16.6. The summed E-state index contributed by atoms with van der Waals surface area (Å²) in [7, 11) is -2.54. The Morgan fingerprint density at radius 3 is 2.31 bits per heavy atom. The lowest BCUT2D eigenvalue weighted by molar-refractivity contribution is 0.102. The summed E-state index contributed by atoms with van der Waals surface area (Å²) in [6.07, 6.45) is 0. The number of methoxy groups -OCH3 is 1. The van der Waals surface area contributed by atoms with Crippen LogP contribution in [-0.2, 0) is 10.0 Å². The Bertz CT molecular complexity index is 1160. The minimum absolute atomic E-state index is 0.0705. The Morgan fingerprint density at radius 1 is 0.966 bits per heavy atom. The van der Waals surface area contributed by atoms with Crippen LogP contribution in [0.2, 0.25) is 0 Å². The fraction of sp³-hybridized carbons (Fsp3) is 0.0952. The van der Waals surface area contributed by atoms with E-state index in [-0.39, 0.29) is 21.7 Å². The Labute approximate surface area is 168 Å². The third-order valence-corrected chi connectivity index (χ3v) is 5.72. The molecule has 3 aromatic rings. The molecule has 2 N–H and O–H groups in total. The van der Waals surface area contributed by atoms with Gasteiger partial charge in [-0.25, -0.2) is 12.8 Å². The SMILES string of the molecule is COc1ccccc1NC(=O)c1ccccc1NS(=O)(=O)c1ccc(F)cc1C. The number of rotatable bonds is 6. The van der Waals surface area contributed by atoms with Crippen molar-refractivity contribution in [3.8, 4) is 5.75 Å². The largest absolute Gasteiger partial charge is 0.495 e. The molecule has 0 bridgehead atoms. The first kappa shape index (κ1) is 20.3. The molecule has 0 atom stereocenters. The van der Waals surface area contributed by atoms with Crippen LogP contribution < -0.4 is 14.8 Å². The van der Waals surface area contributed by atoms with Gasteiger partial charge in [0.2, 0.25) is 0 Å². The second-order valence-electron chi connectivity index (χ2n) is 6.22. The van der Waals surface area contributed by atoms with Gasteiger partial charge in [0, 0.05) is 0 Å². The van der Waals surface area contributed by atoms with E-state index in [1.165, 1.54) is 32.2 Å². The van der Waals surface area contributed by atoms with Crippen molar-refractivity contribution in [2.45, 2.75) is 11.8 Å². The van der Waals surface area contributed by atoms with Gasteiger partial charge in [0.15, 0.2) is 0 Å². The molecule has 3 aromatic carbocycles. The minimum atomic E-state index is -4.02. The van der Waals surface area contributed by atoms with Crippen molar-refractivity contribution < 1.29 is 22.3 Å². The topological polar surface area (TPSA) is 84.5 Å². The zero-order chi connectivity index (χ0) is 21.0. The predicted octanol–water partition coefficient (Wildman–Crippen LogP) is 4.20. The highest BCUT2D eigenvalue weighted by molar-refractivity contribution is 7.92. The van der Waals surface area contributed by atoms with Gasteiger partial charge < -0.3 is 10.1 Å². The van der Waals surface area contributed by atoms with Crippen molar-refractivity contribution in [2.75, 3.05) is 17.1 Å². The van der Waals surface area contributed by atoms with Gasteiger partial charge in [-0.15, -0.1) is 0 Å². The lowest BCUT2D eigenvalue weighted by atomic mass is 10.1. The second-order valence-corrected chi connectivity index (χ2v) is 7.87. The summed E-state index contributed by atoms with van der Waals surface area (Å²) in [4.78, 5) is 12.7. The number of halogens is 1. The van der Waals surface area contributed by atoms with E-state index in [9.17, 15) is 17.6 Å². The molecule has 0 fully saturated rings. The molecule has 0 heterocycles. The molecule has 0 aliphatic carbocycles. The van der Waals surface area contributed by atoms with Crippen LogP contribution in [0.15, 0.2) is 71.6 Å². The summed E-state index contributed by atoms with van der Waals surface area (Å²) in [5, 5.41) is 2.71. The Hall–Kier alpha value is -3.39. The molecule has 0 saturated heterocycles. The molecule has 0 spiro atoms. The fourth-order valence-corrected chi connectivity index (χ4v) is 4.13. The van der Waals surface area contributed by atoms with Gasteiger partial charge in [0.25, 0.3) is 15.9 Å². The molecule has 0 saturated carbocycles. The third kappa shape index (κ3) is 4.55. The average molecular weight is 414 g/mol. The van der Waals surface area contributed by atoms with E-state index in [0.717, 1.165) is 12.1 Å². The quantitative estimate of drug-likeness (QED) is 0.633. The summed E-state index contributed by atoms with van der Waals surface area (Å²) in [5.41, 5.74) is 0.936. The van der Waals surface area contributed by atoms with Crippen molar-refractivity contribution >= 4 is 27.3 Å². The first-order valence-electron chi connectivity index (χ1n) is 8.64. The van der Waals surface area contributed by atoms with E-state index in [1.807, 2.05) is 0 Å². The smallest absolute Gasteiger partial charge is 0.262 e. The Balaban J connectivity index is 1.92. The number of hydrogen-bond donors (Lipinski definition) is 2. The number of nitrogens with one attached hydrogen (secondary N) is 2. The Kier molecular flexibility index (Phi) is 5.84. The first-order chi connectivity index (χ1) is 13.8. The molecule has 6 nitrogen and oxygen atoms in total. The van der Waals surface area contributed by atoms with Crippen molar-refractivity contribution in [3.63, 3.8) is 0 Å². The van der Waals surface area contributed by atoms with Crippen LogP contribution in [-0.4, -0.2) is 21.4 Å². The summed E-state index contributed by atoms with van der Waals surface area (Å²) >= 11 is 0. The number of sulfonamides is 1. The first-order valence-corrected chi connectivity index (χ1v) is 10.1. The van der Waals surface area contributed by atoms with E-state index in [4.69, 9.17) is 4.74 Å². The molecular formula is C21H19FN2O4S. The lowest BCUT2D eigenvalue weighted by Gasteiger charge is -2.15. The summed E-state index contributed by atoms with van der Waals surface area (Å²) in [5.74, 6) is -0.567. The molecule has 0 aliphatic heterocycles. The van der Waals surface area contributed by atoms with Crippen LogP contribution in [0.4, 0.5) is 15.8 Å². The van der Waals surface area contributed by atoms with E-state index < -0.39 is 21.7 Å². The maximum atomic E-state index is 13.3. The van der Waals surface area contributed by atoms with E-state index in [1.54, 1.807) is 36.4 Å². The fourth-order valence-electron chi connectivity index (χ4n) is 2.82. The van der Waals surface area contributed by atoms with Gasteiger partial charge in [0.05, 0.1) is 28.9 Å². The van der Waals surface area contributed by atoms with Gasteiger partial charge in [-0.2, -0.15) is 0 Å². The highest BCUT2D eigenvalue weighted by atomic mass is 32.2. The van der Waals surface area contributed by atoms with E-state index >= 15 is 0 Å². The highest BCUT2D eigenvalue weighted by Crippen LogP contribution is 2.26. The van der Waals surface area contributed by atoms with Crippen LogP contribution >= 0.6 is 0 Å². The molecule has 0 aliphatic rings. The van der Waals surface area contributed by atoms with Crippen molar-refractivity contribution in [1.29, 1.82) is 0 Å². The van der Waals surface area contributed by atoms with Crippen LogP contribution in [0.3, 0.4) is 0 Å². The molecule has 8 heteroatoms. The van der Waals surface area contributed by atoms with E-state index in [2.05, 4.69) is 10.0 Å². The number of amides is 1. The van der Waals surface area contributed by atoms with Gasteiger partial charge in [0.1, 0.15) is 11.6 Å². The van der Waals surface area contributed by atoms with Crippen LogP contribution in [0.1, 0.15) is 15.9 Å². The summed E-state index contributed by atoms with van der Waals surface area (Å²) in [6.45, 7) is 1.50. The number of benzene rings is 3. The Morgan fingerprint density at radius 2 is 1.62 bits per heavy atom. The van der Waals surface area contributed by atoms with Crippen LogP contribution in [0.25, 0.3) is 0 Å². The molecule has 29 heavy (non-hydrogen) atoms. The van der Waals surface area contributed by atoms with Crippen molar-refractivity contribution in [1.82, 2.24) is 0 Å². The lowest BCUT2D eigenvalue weighted by Crippen LogP contribution is -2.19. The molecule has 0 unspecified atom stereocenters. The molecular weight excluding hydrogens is 395 g/mol. The average Bonchev–Trinajstić information content (AvgIpc) is 2.68. The highest BCUT2D eigenvalue weighted by Gasteiger charge is 2.21. The number of carbonyl (C=O) groups is 1. The molecule has 3 rings (SSSR count). The molecule has 0 radical (unpaired) electrons. The van der Waals surface area contributed by atoms with Gasteiger partial charge >= 0.3 is 0 Å². The standard InChI is InChI=1S/C21H19FN2O4S/c1-14-13-15(22)11-12-20(14)29(26,27)24-17-8-4-3-7-16(17)21(25)23-18-9-5-6-10-19(18)28-2/h3-13,24H,1-2H3,(H,23,25). The summed E-state index contributed by atoms with van der Waals surface area (Å²) in [6, 6.07) is 16.5. The maximum absolute atomic E-state index is 13.3. The third-order valence-electron chi connectivity index (χ3n) is 4.20. The molecule has 1 amide bonds. The predicted molar refractivity (Wildman–Crippen MR) is 109 cm³/mol. The van der Waals surface area contributed by atoms with Gasteiger partial charge in [-0.3, -0.25) is 9.52 Å².